The quantitative estimate of drug-likeness (QED) is 0.859. The topological polar surface area (TPSA) is 24.9 Å². The third kappa shape index (κ3) is 2.02. The number of nitrogens with one attached hydrogen (secondary N) is 1. The molecule has 1 aliphatic carbocycles. The van der Waals surface area contributed by atoms with E-state index in [4.69, 9.17) is 0 Å². The molecule has 1 N–H and O–H groups in total. The standard InChI is InChI=1S/C10H13BrN2/c1-10(3-2-4-10)13-9-5-8(11)6-12-7-9/h5-7,13H,2-4H2,1H3. The molecule has 1 aliphatic rings. The Kier molecular flexibility index (Phi) is 2.28. The zero-order valence-electron chi connectivity index (χ0n) is 7.68. The fraction of sp³-hybridized carbons (Fsp3) is 0.500. The number of hydrogen-bond donors (Lipinski definition) is 1. The monoisotopic (exact) mass is 240 g/mol. The molecular weight excluding hydrogens is 228 g/mol. The van der Waals surface area contributed by atoms with Crippen molar-refractivity contribution in [3.05, 3.63) is 22.9 Å². The second-order valence-electron chi connectivity index (χ2n) is 3.93. The number of pyridine rings is 1. The molecule has 0 spiro atoms. The van der Waals surface area contributed by atoms with Gasteiger partial charge in [0, 0.05) is 16.2 Å². The molecule has 2 nitrogen and oxygen atoms in total. The molecule has 0 unspecified atom stereocenters. The summed E-state index contributed by atoms with van der Waals surface area (Å²) in [5, 5.41) is 3.50. The lowest BCUT2D eigenvalue weighted by atomic mass is 9.78. The predicted octanol–water partition coefficient (Wildman–Crippen LogP) is 3.20. The van der Waals surface area contributed by atoms with Crippen LogP contribution in [0, 0.1) is 0 Å². The molecule has 1 aromatic heterocycles. The van der Waals surface area contributed by atoms with Gasteiger partial charge >= 0.3 is 0 Å². The summed E-state index contributed by atoms with van der Waals surface area (Å²) in [5.74, 6) is 0. The van der Waals surface area contributed by atoms with Gasteiger partial charge in [-0.2, -0.15) is 0 Å². The molecule has 0 atom stereocenters. The zero-order valence-corrected chi connectivity index (χ0v) is 9.26. The third-order valence-corrected chi connectivity index (χ3v) is 3.04. The van der Waals surface area contributed by atoms with Gasteiger partial charge in [0.05, 0.1) is 11.9 Å². The summed E-state index contributed by atoms with van der Waals surface area (Å²) in [6, 6.07) is 2.07. The van der Waals surface area contributed by atoms with Gasteiger partial charge in [0.1, 0.15) is 0 Å². The highest BCUT2D eigenvalue weighted by Gasteiger charge is 2.31. The molecule has 0 radical (unpaired) electrons. The van der Waals surface area contributed by atoms with Gasteiger partial charge in [-0.15, -0.1) is 0 Å². The fourth-order valence-corrected chi connectivity index (χ4v) is 2.03. The molecule has 0 saturated heterocycles. The lowest BCUT2D eigenvalue weighted by Crippen LogP contribution is -2.41. The van der Waals surface area contributed by atoms with Crippen molar-refractivity contribution in [2.45, 2.75) is 31.7 Å². The van der Waals surface area contributed by atoms with Crippen molar-refractivity contribution in [1.29, 1.82) is 0 Å². The zero-order chi connectivity index (χ0) is 9.31. The highest BCUT2D eigenvalue weighted by Crippen LogP contribution is 2.34. The Hall–Kier alpha value is -0.570. The van der Waals surface area contributed by atoms with Crippen LogP contribution in [0.5, 0.6) is 0 Å². The van der Waals surface area contributed by atoms with Crippen molar-refractivity contribution >= 4 is 21.6 Å². The molecule has 1 fully saturated rings. The van der Waals surface area contributed by atoms with E-state index in [1.54, 1.807) is 6.20 Å². The van der Waals surface area contributed by atoms with Gasteiger partial charge in [-0.3, -0.25) is 4.98 Å². The Morgan fingerprint density at radius 1 is 1.46 bits per heavy atom. The molecule has 2 rings (SSSR count). The van der Waals surface area contributed by atoms with Crippen molar-refractivity contribution in [2.75, 3.05) is 5.32 Å². The van der Waals surface area contributed by atoms with Gasteiger partial charge in [0.2, 0.25) is 0 Å². The van der Waals surface area contributed by atoms with Gasteiger partial charge in [0.15, 0.2) is 0 Å². The van der Waals surface area contributed by atoms with E-state index in [1.807, 2.05) is 6.20 Å². The Morgan fingerprint density at radius 2 is 2.23 bits per heavy atom. The Balaban J connectivity index is 2.09. The van der Waals surface area contributed by atoms with Gasteiger partial charge in [0.25, 0.3) is 0 Å². The molecule has 13 heavy (non-hydrogen) atoms. The number of nitrogens with zero attached hydrogens (tertiary/aromatic N) is 1. The molecule has 70 valence electrons. The van der Waals surface area contributed by atoms with Crippen LogP contribution < -0.4 is 5.32 Å². The summed E-state index contributed by atoms with van der Waals surface area (Å²) in [6.07, 6.45) is 7.53. The number of rotatable bonds is 2. The van der Waals surface area contributed by atoms with Crippen LogP contribution in [-0.2, 0) is 0 Å². The predicted molar refractivity (Wildman–Crippen MR) is 57.8 cm³/mol. The smallest absolute Gasteiger partial charge is 0.0542 e. The second kappa shape index (κ2) is 3.29. The highest BCUT2D eigenvalue weighted by molar-refractivity contribution is 9.10. The van der Waals surface area contributed by atoms with Gasteiger partial charge in [-0.25, -0.2) is 0 Å². The highest BCUT2D eigenvalue weighted by atomic mass is 79.9. The first kappa shape index (κ1) is 9.00. The maximum Gasteiger partial charge on any atom is 0.0542 e. The van der Waals surface area contributed by atoms with Crippen LogP contribution in [0.3, 0.4) is 0 Å². The minimum atomic E-state index is 0.308. The Bertz CT molecular complexity index is 308. The SMILES string of the molecule is CC1(Nc2cncc(Br)c2)CCC1. The summed E-state index contributed by atoms with van der Waals surface area (Å²) in [4.78, 5) is 4.12. The average molecular weight is 241 g/mol. The van der Waals surface area contributed by atoms with Crippen LogP contribution in [0.15, 0.2) is 22.9 Å². The molecule has 1 heterocycles. The van der Waals surface area contributed by atoms with Crippen molar-refractivity contribution in [3.8, 4) is 0 Å². The number of aromatic nitrogens is 1. The van der Waals surface area contributed by atoms with Crippen molar-refractivity contribution < 1.29 is 0 Å². The van der Waals surface area contributed by atoms with Gasteiger partial charge < -0.3 is 5.32 Å². The Morgan fingerprint density at radius 3 is 2.77 bits per heavy atom. The van der Waals surface area contributed by atoms with Crippen LogP contribution in [0.2, 0.25) is 0 Å². The third-order valence-electron chi connectivity index (χ3n) is 2.61. The Labute approximate surface area is 86.9 Å². The summed E-state index contributed by atoms with van der Waals surface area (Å²) in [6.45, 7) is 2.26. The first-order valence-corrected chi connectivity index (χ1v) is 5.36. The molecule has 1 saturated carbocycles. The maximum atomic E-state index is 4.12. The van der Waals surface area contributed by atoms with Crippen molar-refractivity contribution in [1.82, 2.24) is 4.98 Å². The lowest BCUT2D eigenvalue weighted by molar-refractivity contribution is 0.306. The molecule has 0 amide bonds. The maximum absolute atomic E-state index is 4.12. The first-order chi connectivity index (χ1) is 6.18. The number of hydrogen-bond acceptors (Lipinski definition) is 2. The van der Waals surface area contributed by atoms with Crippen molar-refractivity contribution in [2.24, 2.45) is 0 Å². The largest absolute Gasteiger partial charge is 0.379 e. The average Bonchev–Trinajstić information content (AvgIpc) is 2.01. The second-order valence-corrected chi connectivity index (χ2v) is 4.85. The van der Waals surface area contributed by atoms with Gasteiger partial charge in [-0.05, 0) is 48.2 Å². The molecule has 0 aliphatic heterocycles. The van der Waals surface area contributed by atoms with Crippen LogP contribution in [-0.4, -0.2) is 10.5 Å². The fourth-order valence-electron chi connectivity index (χ4n) is 1.66. The summed E-state index contributed by atoms with van der Waals surface area (Å²) >= 11 is 3.41. The molecule has 0 bridgehead atoms. The van der Waals surface area contributed by atoms with Crippen LogP contribution in [0.1, 0.15) is 26.2 Å². The van der Waals surface area contributed by atoms with E-state index in [0.29, 0.717) is 5.54 Å². The van der Waals surface area contributed by atoms with Crippen molar-refractivity contribution in [3.63, 3.8) is 0 Å². The lowest BCUT2D eigenvalue weighted by Gasteiger charge is -2.40. The van der Waals surface area contributed by atoms with E-state index in [0.717, 1.165) is 10.2 Å². The normalized spacial score (nSPS) is 19.2. The summed E-state index contributed by atoms with van der Waals surface area (Å²) < 4.78 is 1.03. The molecule has 0 aromatic carbocycles. The van der Waals surface area contributed by atoms with E-state index in [-0.39, 0.29) is 0 Å². The molecule has 1 aromatic rings. The number of anilines is 1. The van der Waals surface area contributed by atoms with Gasteiger partial charge in [-0.1, -0.05) is 0 Å². The minimum absolute atomic E-state index is 0.308. The first-order valence-electron chi connectivity index (χ1n) is 4.57. The van der Waals surface area contributed by atoms with Crippen LogP contribution in [0.4, 0.5) is 5.69 Å². The van der Waals surface area contributed by atoms with E-state index in [1.165, 1.54) is 19.3 Å². The summed E-state index contributed by atoms with van der Waals surface area (Å²) in [7, 11) is 0. The molecule has 3 heteroatoms. The van der Waals surface area contributed by atoms with E-state index in [2.05, 4.69) is 39.2 Å². The van der Waals surface area contributed by atoms with Crippen LogP contribution >= 0.6 is 15.9 Å². The van der Waals surface area contributed by atoms with E-state index in [9.17, 15) is 0 Å². The van der Waals surface area contributed by atoms with E-state index >= 15 is 0 Å². The number of halogens is 1. The summed E-state index contributed by atoms with van der Waals surface area (Å²) in [5.41, 5.74) is 1.42. The minimum Gasteiger partial charge on any atom is -0.379 e. The van der Waals surface area contributed by atoms with E-state index < -0.39 is 0 Å². The van der Waals surface area contributed by atoms with Crippen LogP contribution in [0.25, 0.3) is 0 Å². The molecular formula is C10H13BrN2.